The third kappa shape index (κ3) is 3.06. The van der Waals surface area contributed by atoms with E-state index in [1.807, 2.05) is 19.9 Å². The average molecular weight is 223 g/mol. The van der Waals surface area contributed by atoms with E-state index < -0.39 is 18.5 Å². The highest BCUT2D eigenvalue weighted by Crippen LogP contribution is 2.12. The second-order valence-electron chi connectivity index (χ2n) is 3.36. The summed E-state index contributed by atoms with van der Waals surface area (Å²) in [6.45, 7) is 3.16. The predicted octanol–water partition coefficient (Wildman–Crippen LogP) is 1.05. The van der Waals surface area contributed by atoms with Gasteiger partial charge in [0, 0.05) is 5.56 Å². The first kappa shape index (κ1) is 12.2. The van der Waals surface area contributed by atoms with Crippen molar-refractivity contribution in [2.24, 2.45) is 0 Å². The first-order chi connectivity index (χ1) is 7.52. The second kappa shape index (κ2) is 5.27. The number of amides is 1. The number of rotatable bonds is 4. The molecule has 0 radical (unpaired) electrons. The topological polar surface area (TPSA) is 75.6 Å². The highest BCUT2D eigenvalue weighted by molar-refractivity contribution is 5.95. The molecule has 0 saturated heterocycles. The van der Waals surface area contributed by atoms with Crippen molar-refractivity contribution >= 4 is 11.9 Å². The van der Waals surface area contributed by atoms with Crippen molar-refractivity contribution < 1.29 is 19.5 Å². The highest BCUT2D eigenvalue weighted by Gasteiger charge is 2.10. The SMILES string of the molecule is Cc1cccc(C(=O)NOCC(=O)O)c1C. The van der Waals surface area contributed by atoms with E-state index in [1.54, 1.807) is 12.1 Å². The third-order valence-corrected chi connectivity index (χ3v) is 2.21. The molecule has 0 aliphatic carbocycles. The van der Waals surface area contributed by atoms with Crippen molar-refractivity contribution in [2.45, 2.75) is 13.8 Å². The Kier molecular flexibility index (Phi) is 4.02. The minimum atomic E-state index is -1.14. The average Bonchev–Trinajstić information content (AvgIpc) is 2.21. The van der Waals surface area contributed by atoms with E-state index in [0.29, 0.717) is 5.56 Å². The molecule has 1 aromatic rings. The molecule has 0 bridgehead atoms. The molecule has 1 aromatic carbocycles. The number of carbonyl (C=O) groups is 2. The Morgan fingerprint density at radius 3 is 2.69 bits per heavy atom. The number of hydrogen-bond donors (Lipinski definition) is 2. The van der Waals surface area contributed by atoms with E-state index in [9.17, 15) is 9.59 Å². The Morgan fingerprint density at radius 1 is 1.38 bits per heavy atom. The lowest BCUT2D eigenvalue weighted by atomic mass is 10.0. The minimum Gasteiger partial charge on any atom is -0.479 e. The van der Waals surface area contributed by atoms with E-state index in [1.165, 1.54) is 0 Å². The van der Waals surface area contributed by atoms with Crippen LogP contribution in [0, 0.1) is 13.8 Å². The highest BCUT2D eigenvalue weighted by atomic mass is 16.7. The molecular formula is C11H13NO4. The lowest BCUT2D eigenvalue weighted by Crippen LogP contribution is -2.27. The molecule has 5 nitrogen and oxygen atoms in total. The largest absolute Gasteiger partial charge is 0.479 e. The number of aryl methyl sites for hydroxylation is 1. The van der Waals surface area contributed by atoms with E-state index in [4.69, 9.17) is 5.11 Å². The quantitative estimate of drug-likeness (QED) is 0.748. The summed E-state index contributed by atoms with van der Waals surface area (Å²) in [5, 5.41) is 8.32. The van der Waals surface area contributed by atoms with Crippen molar-refractivity contribution in [3.05, 3.63) is 34.9 Å². The summed E-state index contributed by atoms with van der Waals surface area (Å²) in [4.78, 5) is 26.2. The van der Waals surface area contributed by atoms with Crippen molar-refractivity contribution in [1.82, 2.24) is 5.48 Å². The summed E-state index contributed by atoms with van der Waals surface area (Å²) in [5.74, 6) is -1.58. The second-order valence-corrected chi connectivity index (χ2v) is 3.36. The first-order valence-electron chi connectivity index (χ1n) is 4.72. The fourth-order valence-electron chi connectivity index (χ4n) is 1.22. The number of aliphatic carboxylic acids is 1. The molecule has 0 atom stereocenters. The van der Waals surface area contributed by atoms with E-state index in [2.05, 4.69) is 10.3 Å². The van der Waals surface area contributed by atoms with E-state index >= 15 is 0 Å². The van der Waals surface area contributed by atoms with Gasteiger partial charge in [-0.15, -0.1) is 0 Å². The van der Waals surface area contributed by atoms with E-state index in [-0.39, 0.29) is 0 Å². The van der Waals surface area contributed by atoms with Crippen molar-refractivity contribution in [3.8, 4) is 0 Å². The molecule has 0 heterocycles. The van der Waals surface area contributed by atoms with Crippen LogP contribution in [0.5, 0.6) is 0 Å². The van der Waals surface area contributed by atoms with Crippen LogP contribution in [0.3, 0.4) is 0 Å². The van der Waals surface area contributed by atoms with Gasteiger partial charge in [-0.1, -0.05) is 12.1 Å². The van der Waals surface area contributed by atoms with Crippen LogP contribution in [0.25, 0.3) is 0 Å². The zero-order valence-corrected chi connectivity index (χ0v) is 9.11. The summed E-state index contributed by atoms with van der Waals surface area (Å²) in [5.41, 5.74) is 4.39. The number of carbonyl (C=O) groups excluding carboxylic acids is 1. The first-order valence-corrected chi connectivity index (χ1v) is 4.72. The summed E-state index contributed by atoms with van der Waals surface area (Å²) in [7, 11) is 0. The van der Waals surface area contributed by atoms with Crippen LogP contribution < -0.4 is 5.48 Å². The van der Waals surface area contributed by atoms with Gasteiger partial charge in [0.2, 0.25) is 0 Å². The molecule has 5 heteroatoms. The van der Waals surface area contributed by atoms with Gasteiger partial charge < -0.3 is 5.11 Å². The zero-order valence-electron chi connectivity index (χ0n) is 9.11. The van der Waals surface area contributed by atoms with Crippen LogP contribution in [0.15, 0.2) is 18.2 Å². The molecule has 0 aliphatic rings. The molecule has 16 heavy (non-hydrogen) atoms. The number of carboxylic acids is 1. The minimum absolute atomic E-state index is 0.442. The van der Waals surface area contributed by atoms with Crippen LogP contribution in [0.2, 0.25) is 0 Å². The summed E-state index contributed by atoms with van der Waals surface area (Å²) in [6, 6.07) is 5.31. The number of carboxylic acid groups (broad SMARTS) is 1. The van der Waals surface area contributed by atoms with Gasteiger partial charge >= 0.3 is 5.97 Å². The van der Waals surface area contributed by atoms with Gasteiger partial charge in [-0.2, -0.15) is 0 Å². The van der Waals surface area contributed by atoms with Gasteiger partial charge in [0.1, 0.15) is 0 Å². The number of hydroxylamine groups is 1. The smallest absolute Gasteiger partial charge is 0.332 e. The monoisotopic (exact) mass is 223 g/mol. The fourth-order valence-corrected chi connectivity index (χ4v) is 1.22. The molecule has 1 amide bonds. The van der Waals surface area contributed by atoms with Gasteiger partial charge in [-0.25, -0.2) is 10.3 Å². The maximum atomic E-state index is 11.6. The third-order valence-electron chi connectivity index (χ3n) is 2.21. The maximum Gasteiger partial charge on any atom is 0.332 e. The molecule has 0 spiro atoms. The molecule has 0 saturated carbocycles. The van der Waals surface area contributed by atoms with Gasteiger partial charge in [-0.3, -0.25) is 9.63 Å². The lowest BCUT2D eigenvalue weighted by Gasteiger charge is -2.08. The van der Waals surface area contributed by atoms with Crippen LogP contribution in [0.4, 0.5) is 0 Å². The maximum absolute atomic E-state index is 11.6. The fraction of sp³-hybridized carbons (Fsp3) is 0.273. The Balaban J connectivity index is 2.66. The van der Waals surface area contributed by atoms with Crippen LogP contribution in [-0.2, 0) is 9.63 Å². The molecule has 0 aliphatic heterocycles. The molecule has 86 valence electrons. The Labute approximate surface area is 93.0 Å². The molecule has 0 aromatic heterocycles. The predicted molar refractivity (Wildman–Crippen MR) is 57.0 cm³/mol. The van der Waals surface area contributed by atoms with Gasteiger partial charge in [-0.05, 0) is 31.0 Å². The number of hydrogen-bond acceptors (Lipinski definition) is 3. The van der Waals surface area contributed by atoms with Gasteiger partial charge in [0.15, 0.2) is 6.61 Å². The Hall–Kier alpha value is -1.88. The van der Waals surface area contributed by atoms with Crippen LogP contribution in [-0.4, -0.2) is 23.6 Å². The van der Waals surface area contributed by atoms with Gasteiger partial charge in [0.05, 0.1) is 0 Å². The van der Waals surface area contributed by atoms with Crippen LogP contribution in [0.1, 0.15) is 21.5 Å². The van der Waals surface area contributed by atoms with Crippen molar-refractivity contribution in [3.63, 3.8) is 0 Å². The summed E-state index contributed by atoms with van der Waals surface area (Å²) >= 11 is 0. The molecule has 0 fully saturated rings. The number of benzene rings is 1. The summed E-state index contributed by atoms with van der Waals surface area (Å²) < 4.78 is 0. The van der Waals surface area contributed by atoms with Crippen molar-refractivity contribution in [1.29, 1.82) is 0 Å². The standard InChI is InChI=1S/C11H13NO4/c1-7-4-3-5-9(8(7)2)11(15)12-16-6-10(13)14/h3-5H,6H2,1-2H3,(H,12,15)(H,13,14). The van der Waals surface area contributed by atoms with Gasteiger partial charge in [0.25, 0.3) is 5.91 Å². The molecule has 2 N–H and O–H groups in total. The zero-order chi connectivity index (χ0) is 12.1. The lowest BCUT2D eigenvalue weighted by molar-refractivity contribution is -0.144. The molecule has 0 unspecified atom stereocenters. The number of nitrogens with one attached hydrogen (secondary N) is 1. The van der Waals surface area contributed by atoms with Crippen LogP contribution >= 0.6 is 0 Å². The Morgan fingerprint density at radius 2 is 2.06 bits per heavy atom. The van der Waals surface area contributed by atoms with Crippen molar-refractivity contribution in [2.75, 3.05) is 6.61 Å². The molecular weight excluding hydrogens is 210 g/mol. The Bertz CT molecular complexity index is 414. The summed E-state index contributed by atoms with van der Waals surface area (Å²) in [6.07, 6.45) is 0. The van der Waals surface area contributed by atoms with E-state index in [0.717, 1.165) is 11.1 Å². The normalized spacial score (nSPS) is 9.88. The molecule has 1 rings (SSSR count).